The van der Waals surface area contributed by atoms with Crippen LogP contribution in [0.1, 0.15) is 38.1 Å². The number of likely N-dealkylation sites (tertiary alicyclic amines) is 1. The molecule has 2 unspecified atom stereocenters. The van der Waals surface area contributed by atoms with E-state index >= 15 is 0 Å². The van der Waals surface area contributed by atoms with Gasteiger partial charge in [-0.15, -0.1) is 0 Å². The zero-order chi connectivity index (χ0) is 16.2. The Hall–Kier alpha value is -2.44. The van der Waals surface area contributed by atoms with E-state index in [9.17, 15) is 9.18 Å². The van der Waals surface area contributed by atoms with Crippen molar-refractivity contribution >= 4 is 5.91 Å². The normalized spacial score (nSPS) is 19.4. The maximum absolute atomic E-state index is 13.2. The number of benzene rings is 1. The molecule has 1 aromatic carbocycles. The van der Waals surface area contributed by atoms with Crippen molar-refractivity contribution in [3.05, 3.63) is 42.3 Å². The van der Waals surface area contributed by atoms with Crippen molar-refractivity contribution in [2.75, 3.05) is 6.54 Å². The molecule has 1 aliphatic heterocycles. The Labute approximate surface area is 133 Å². The quantitative estimate of drug-likeness (QED) is 0.867. The van der Waals surface area contributed by atoms with Gasteiger partial charge in [-0.3, -0.25) is 4.79 Å². The van der Waals surface area contributed by atoms with Crippen molar-refractivity contribution in [3.8, 4) is 5.75 Å². The molecule has 0 bridgehead atoms. The van der Waals surface area contributed by atoms with Crippen molar-refractivity contribution < 1.29 is 18.4 Å². The van der Waals surface area contributed by atoms with Crippen molar-refractivity contribution in [2.45, 2.75) is 38.3 Å². The van der Waals surface area contributed by atoms with Gasteiger partial charge in [-0.2, -0.15) is 4.98 Å². The van der Waals surface area contributed by atoms with Crippen molar-refractivity contribution in [1.82, 2.24) is 15.0 Å². The Morgan fingerprint density at radius 1 is 1.48 bits per heavy atom. The summed E-state index contributed by atoms with van der Waals surface area (Å²) in [6.45, 7) is 2.28. The van der Waals surface area contributed by atoms with Gasteiger partial charge in [-0.05, 0) is 38.3 Å². The van der Waals surface area contributed by atoms with Crippen LogP contribution in [0.15, 0.2) is 35.2 Å². The second kappa shape index (κ2) is 6.76. The lowest BCUT2D eigenvalue weighted by Gasteiger charge is -2.35. The third-order valence-electron chi connectivity index (χ3n) is 3.92. The number of hydrogen-bond acceptors (Lipinski definition) is 5. The van der Waals surface area contributed by atoms with E-state index in [0.29, 0.717) is 18.1 Å². The summed E-state index contributed by atoms with van der Waals surface area (Å²) in [5.41, 5.74) is 0. The molecule has 2 aromatic rings. The van der Waals surface area contributed by atoms with E-state index in [1.807, 2.05) is 0 Å². The number of amides is 1. The van der Waals surface area contributed by atoms with Gasteiger partial charge < -0.3 is 14.2 Å². The minimum atomic E-state index is -0.718. The molecule has 122 valence electrons. The zero-order valence-electron chi connectivity index (χ0n) is 12.8. The second-order valence-electron chi connectivity index (χ2n) is 5.55. The van der Waals surface area contributed by atoms with Crippen LogP contribution in [0.25, 0.3) is 0 Å². The lowest BCUT2D eigenvalue weighted by molar-refractivity contribution is -0.142. The molecule has 0 spiro atoms. The number of rotatable bonds is 4. The first kappa shape index (κ1) is 15.5. The van der Waals surface area contributed by atoms with Gasteiger partial charge >= 0.3 is 0 Å². The van der Waals surface area contributed by atoms with Gasteiger partial charge in [-0.25, -0.2) is 4.39 Å². The fourth-order valence-electron chi connectivity index (χ4n) is 2.82. The maximum Gasteiger partial charge on any atom is 0.263 e. The number of ether oxygens (including phenoxy) is 1. The van der Waals surface area contributed by atoms with Crippen LogP contribution in [0.4, 0.5) is 4.39 Å². The summed E-state index contributed by atoms with van der Waals surface area (Å²) >= 11 is 0. The van der Waals surface area contributed by atoms with Gasteiger partial charge in [0.25, 0.3) is 5.91 Å². The Balaban J connectivity index is 1.72. The molecule has 6 nitrogen and oxygen atoms in total. The summed E-state index contributed by atoms with van der Waals surface area (Å²) in [5.74, 6) is 0.281. The Morgan fingerprint density at radius 3 is 3.09 bits per heavy atom. The van der Waals surface area contributed by atoms with Gasteiger partial charge in [0.2, 0.25) is 6.39 Å². The van der Waals surface area contributed by atoms with Crippen molar-refractivity contribution in [1.29, 1.82) is 0 Å². The highest BCUT2D eigenvalue weighted by Crippen LogP contribution is 2.29. The Kier molecular flexibility index (Phi) is 4.55. The molecule has 0 saturated carbocycles. The molecule has 2 heterocycles. The molecule has 1 amide bonds. The van der Waals surface area contributed by atoms with Gasteiger partial charge in [0.05, 0.1) is 6.04 Å². The van der Waals surface area contributed by atoms with Gasteiger partial charge in [0.1, 0.15) is 11.6 Å². The summed E-state index contributed by atoms with van der Waals surface area (Å²) in [4.78, 5) is 18.5. The Bertz CT molecular complexity index is 662. The topological polar surface area (TPSA) is 68.5 Å². The molecule has 23 heavy (non-hydrogen) atoms. The van der Waals surface area contributed by atoms with E-state index in [4.69, 9.17) is 9.26 Å². The van der Waals surface area contributed by atoms with Crippen LogP contribution in [-0.2, 0) is 4.79 Å². The van der Waals surface area contributed by atoms with Crippen LogP contribution in [0.3, 0.4) is 0 Å². The van der Waals surface area contributed by atoms with Crippen LogP contribution >= 0.6 is 0 Å². The fourth-order valence-corrected chi connectivity index (χ4v) is 2.82. The summed E-state index contributed by atoms with van der Waals surface area (Å²) in [6, 6.07) is 5.56. The molecule has 1 fully saturated rings. The predicted molar refractivity (Wildman–Crippen MR) is 79.1 cm³/mol. The lowest BCUT2D eigenvalue weighted by atomic mass is 10.0. The third-order valence-corrected chi connectivity index (χ3v) is 3.92. The van der Waals surface area contributed by atoms with E-state index in [2.05, 4.69) is 10.1 Å². The lowest BCUT2D eigenvalue weighted by Crippen LogP contribution is -2.45. The first-order chi connectivity index (χ1) is 11.1. The largest absolute Gasteiger partial charge is 0.481 e. The summed E-state index contributed by atoms with van der Waals surface area (Å²) in [5, 5.41) is 3.86. The number of carbonyl (C=O) groups excluding carboxylic acids is 1. The van der Waals surface area contributed by atoms with E-state index in [-0.39, 0.29) is 11.9 Å². The highest BCUT2D eigenvalue weighted by atomic mass is 19.1. The molecule has 0 radical (unpaired) electrons. The average molecular weight is 319 g/mol. The van der Waals surface area contributed by atoms with Crippen molar-refractivity contribution in [3.63, 3.8) is 0 Å². The minimum Gasteiger partial charge on any atom is -0.481 e. The second-order valence-corrected chi connectivity index (χ2v) is 5.55. The molecule has 7 heteroatoms. The molecular formula is C16H18FN3O3. The smallest absolute Gasteiger partial charge is 0.263 e. The number of nitrogens with zero attached hydrogens (tertiary/aromatic N) is 3. The first-order valence-electron chi connectivity index (χ1n) is 7.64. The molecule has 1 aromatic heterocycles. The third kappa shape index (κ3) is 3.49. The fraction of sp³-hybridized carbons (Fsp3) is 0.438. The molecule has 0 N–H and O–H groups in total. The zero-order valence-corrected chi connectivity index (χ0v) is 12.8. The molecule has 0 aliphatic carbocycles. The number of carbonyl (C=O) groups is 1. The van der Waals surface area contributed by atoms with Gasteiger partial charge in [0.15, 0.2) is 11.9 Å². The number of aromatic nitrogens is 2. The predicted octanol–water partition coefficient (Wildman–Crippen LogP) is 2.73. The van der Waals surface area contributed by atoms with Crippen molar-refractivity contribution in [2.24, 2.45) is 0 Å². The minimum absolute atomic E-state index is 0.163. The van der Waals surface area contributed by atoms with E-state index in [1.54, 1.807) is 24.0 Å². The van der Waals surface area contributed by atoms with Crippen LogP contribution < -0.4 is 4.74 Å². The van der Waals surface area contributed by atoms with Crippen LogP contribution in [0.2, 0.25) is 0 Å². The maximum atomic E-state index is 13.2. The molecule has 3 rings (SSSR count). The standard InChI is InChI=1S/C16H18FN3O3/c1-11(23-13-6-4-5-12(17)9-13)16(21)20-8-3-2-7-14(20)15-18-10-22-19-15/h4-6,9-11,14H,2-3,7-8H2,1H3. The van der Waals surface area contributed by atoms with Gasteiger partial charge in [0, 0.05) is 12.6 Å². The van der Waals surface area contributed by atoms with E-state index in [1.165, 1.54) is 18.5 Å². The Morgan fingerprint density at radius 2 is 2.35 bits per heavy atom. The summed E-state index contributed by atoms with van der Waals surface area (Å²) in [7, 11) is 0. The van der Waals surface area contributed by atoms with Crippen LogP contribution in [-0.4, -0.2) is 33.6 Å². The molecule has 2 atom stereocenters. The number of hydrogen-bond donors (Lipinski definition) is 0. The molecular weight excluding hydrogens is 301 g/mol. The summed E-state index contributed by atoms with van der Waals surface area (Å²) < 4.78 is 23.6. The highest BCUT2D eigenvalue weighted by molar-refractivity contribution is 5.81. The van der Waals surface area contributed by atoms with Gasteiger partial charge in [-0.1, -0.05) is 11.2 Å². The molecule has 1 aliphatic rings. The van der Waals surface area contributed by atoms with Crippen LogP contribution in [0, 0.1) is 5.82 Å². The first-order valence-corrected chi connectivity index (χ1v) is 7.64. The monoisotopic (exact) mass is 319 g/mol. The number of halogens is 1. The van der Waals surface area contributed by atoms with Crippen LogP contribution in [0.5, 0.6) is 5.75 Å². The number of piperidine rings is 1. The highest BCUT2D eigenvalue weighted by Gasteiger charge is 2.33. The molecule has 1 saturated heterocycles. The van der Waals surface area contributed by atoms with E-state index in [0.717, 1.165) is 19.3 Å². The SMILES string of the molecule is CC(Oc1cccc(F)c1)C(=O)N1CCCCC1c1ncon1. The average Bonchev–Trinajstić information content (AvgIpc) is 3.08. The van der Waals surface area contributed by atoms with E-state index < -0.39 is 11.9 Å². The summed E-state index contributed by atoms with van der Waals surface area (Å²) in [6.07, 6.45) is 3.26.